The third-order valence-corrected chi connectivity index (χ3v) is 3.72. The van der Waals surface area contributed by atoms with Crippen LogP contribution in [0.3, 0.4) is 0 Å². The molecule has 0 aliphatic carbocycles. The van der Waals surface area contributed by atoms with Crippen molar-refractivity contribution in [2.45, 2.75) is 27.7 Å². The molecular formula is C12H21N3OS. The van der Waals surface area contributed by atoms with Crippen molar-refractivity contribution in [1.29, 1.82) is 0 Å². The summed E-state index contributed by atoms with van der Waals surface area (Å²) in [5.41, 5.74) is 6.44. The average Bonchev–Trinajstić information content (AvgIpc) is 2.56. The number of carbonyl (C=O) groups excluding carboxylic acids is 1. The van der Waals surface area contributed by atoms with Crippen molar-refractivity contribution in [1.82, 2.24) is 9.88 Å². The lowest BCUT2D eigenvalue weighted by Gasteiger charge is -2.28. The van der Waals surface area contributed by atoms with Gasteiger partial charge in [-0.1, -0.05) is 13.8 Å². The molecule has 1 aromatic rings. The highest BCUT2D eigenvalue weighted by atomic mass is 32.1. The predicted octanol–water partition coefficient (Wildman–Crippen LogP) is 1.82. The van der Waals surface area contributed by atoms with Gasteiger partial charge in [0.15, 0.2) is 0 Å². The molecule has 17 heavy (non-hydrogen) atoms. The minimum atomic E-state index is -0.0575. The fraction of sp³-hybridized carbons (Fsp3) is 0.667. The summed E-state index contributed by atoms with van der Waals surface area (Å²) in [6, 6.07) is 0. The number of nitrogens with two attached hydrogens (primary N) is 1. The maximum Gasteiger partial charge on any atom is 0.265 e. The van der Waals surface area contributed by atoms with E-state index in [1.807, 2.05) is 20.9 Å². The number of aryl methyl sites for hydroxylation is 2. The van der Waals surface area contributed by atoms with Crippen LogP contribution in [0.5, 0.6) is 0 Å². The molecule has 0 unspecified atom stereocenters. The molecule has 1 heterocycles. The van der Waals surface area contributed by atoms with Crippen molar-refractivity contribution in [3.8, 4) is 0 Å². The number of carbonyl (C=O) groups is 1. The molecule has 4 nitrogen and oxygen atoms in total. The van der Waals surface area contributed by atoms with Crippen molar-refractivity contribution in [2.24, 2.45) is 11.1 Å². The van der Waals surface area contributed by atoms with Crippen molar-refractivity contribution < 1.29 is 4.79 Å². The predicted molar refractivity (Wildman–Crippen MR) is 71.4 cm³/mol. The largest absolute Gasteiger partial charge is 0.340 e. The first-order chi connectivity index (χ1) is 7.76. The fourth-order valence-corrected chi connectivity index (χ4v) is 2.60. The van der Waals surface area contributed by atoms with Gasteiger partial charge in [-0.05, 0) is 25.8 Å². The zero-order chi connectivity index (χ0) is 13.2. The van der Waals surface area contributed by atoms with Crippen LogP contribution in [-0.2, 0) is 0 Å². The Morgan fingerprint density at radius 1 is 1.47 bits per heavy atom. The SMILES string of the molecule is Cc1nc(C)c(C(=O)N(C)CC(C)(C)CN)s1. The highest BCUT2D eigenvalue weighted by Crippen LogP contribution is 2.21. The first-order valence-corrected chi connectivity index (χ1v) is 6.48. The van der Waals surface area contributed by atoms with E-state index in [2.05, 4.69) is 18.8 Å². The van der Waals surface area contributed by atoms with Gasteiger partial charge < -0.3 is 10.6 Å². The summed E-state index contributed by atoms with van der Waals surface area (Å²) in [5.74, 6) is 0.0367. The molecule has 0 bridgehead atoms. The summed E-state index contributed by atoms with van der Waals surface area (Å²) in [4.78, 5) is 19.0. The molecule has 0 fully saturated rings. The Bertz CT molecular complexity index is 412. The number of aromatic nitrogens is 1. The van der Waals surface area contributed by atoms with Crippen molar-refractivity contribution >= 4 is 17.2 Å². The van der Waals surface area contributed by atoms with Gasteiger partial charge in [0.05, 0.1) is 10.7 Å². The topological polar surface area (TPSA) is 59.2 Å². The number of rotatable bonds is 4. The summed E-state index contributed by atoms with van der Waals surface area (Å²) in [5, 5.41) is 0.928. The Hall–Kier alpha value is -0.940. The standard InChI is InChI=1S/C12H21N3OS/c1-8-10(17-9(2)14-8)11(16)15(5)7-12(3,4)6-13/h6-7,13H2,1-5H3. The summed E-state index contributed by atoms with van der Waals surface area (Å²) in [6.45, 7) is 9.12. The molecule has 0 aliphatic rings. The monoisotopic (exact) mass is 255 g/mol. The van der Waals surface area contributed by atoms with E-state index in [9.17, 15) is 4.79 Å². The summed E-state index contributed by atoms with van der Waals surface area (Å²) in [6.07, 6.45) is 0. The molecule has 0 saturated heterocycles. The molecule has 1 aromatic heterocycles. The Morgan fingerprint density at radius 3 is 2.47 bits per heavy atom. The molecule has 2 N–H and O–H groups in total. The molecule has 96 valence electrons. The van der Waals surface area contributed by atoms with Crippen LogP contribution in [0.1, 0.15) is 34.2 Å². The van der Waals surface area contributed by atoms with Crippen molar-refractivity contribution in [3.63, 3.8) is 0 Å². The Balaban J connectivity index is 2.80. The van der Waals surface area contributed by atoms with Gasteiger partial charge in [-0.3, -0.25) is 4.79 Å². The molecule has 0 aromatic carbocycles. The molecule has 0 atom stereocenters. The molecule has 1 amide bonds. The highest BCUT2D eigenvalue weighted by molar-refractivity contribution is 7.13. The maximum atomic E-state index is 12.2. The second kappa shape index (κ2) is 5.14. The molecule has 1 rings (SSSR count). The number of hydrogen-bond acceptors (Lipinski definition) is 4. The molecule has 0 saturated carbocycles. The number of thiazole rings is 1. The van der Waals surface area contributed by atoms with Gasteiger partial charge in [-0.15, -0.1) is 11.3 Å². The van der Waals surface area contributed by atoms with Gasteiger partial charge in [0.1, 0.15) is 4.88 Å². The summed E-state index contributed by atoms with van der Waals surface area (Å²) in [7, 11) is 1.81. The van der Waals surface area contributed by atoms with Crippen LogP contribution in [0.25, 0.3) is 0 Å². The lowest BCUT2D eigenvalue weighted by Crippen LogP contribution is -2.39. The van der Waals surface area contributed by atoms with E-state index in [0.717, 1.165) is 15.6 Å². The lowest BCUT2D eigenvalue weighted by atomic mass is 9.93. The van der Waals surface area contributed by atoms with Gasteiger partial charge in [-0.25, -0.2) is 4.98 Å². The molecule has 5 heteroatoms. The first-order valence-electron chi connectivity index (χ1n) is 5.66. The molecule has 0 spiro atoms. The van der Waals surface area contributed by atoms with Crippen LogP contribution >= 0.6 is 11.3 Å². The average molecular weight is 255 g/mol. The zero-order valence-electron chi connectivity index (χ0n) is 11.2. The normalized spacial score (nSPS) is 11.6. The van der Waals surface area contributed by atoms with E-state index in [4.69, 9.17) is 5.73 Å². The quantitative estimate of drug-likeness (QED) is 0.892. The number of amides is 1. The van der Waals surface area contributed by atoms with E-state index in [0.29, 0.717) is 13.1 Å². The third-order valence-electron chi connectivity index (χ3n) is 2.66. The second-order valence-electron chi connectivity index (χ2n) is 5.18. The Labute approximate surface area is 107 Å². The fourth-order valence-electron chi connectivity index (χ4n) is 1.68. The lowest BCUT2D eigenvalue weighted by molar-refractivity contribution is 0.0744. The van der Waals surface area contributed by atoms with E-state index >= 15 is 0 Å². The van der Waals surface area contributed by atoms with E-state index in [1.54, 1.807) is 4.90 Å². The highest BCUT2D eigenvalue weighted by Gasteiger charge is 2.24. The van der Waals surface area contributed by atoms with Crippen LogP contribution in [0.2, 0.25) is 0 Å². The molecule has 0 aliphatic heterocycles. The first kappa shape index (κ1) is 14.1. The van der Waals surface area contributed by atoms with Crippen LogP contribution in [0.15, 0.2) is 0 Å². The van der Waals surface area contributed by atoms with Gasteiger partial charge in [0, 0.05) is 13.6 Å². The van der Waals surface area contributed by atoms with Crippen LogP contribution < -0.4 is 5.73 Å². The maximum absolute atomic E-state index is 12.2. The van der Waals surface area contributed by atoms with Crippen LogP contribution in [-0.4, -0.2) is 35.9 Å². The summed E-state index contributed by atoms with van der Waals surface area (Å²) >= 11 is 1.45. The van der Waals surface area contributed by atoms with E-state index in [1.165, 1.54) is 11.3 Å². The zero-order valence-corrected chi connectivity index (χ0v) is 12.0. The van der Waals surface area contributed by atoms with Crippen molar-refractivity contribution in [2.75, 3.05) is 20.1 Å². The number of nitrogens with zero attached hydrogens (tertiary/aromatic N) is 2. The second-order valence-corrected chi connectivity index (χ2v) is 6.38. The summed E-state index contributed by atoms with van der Waals surface area (Å²) < 4.78 is 0. The van der Waals surface area contributed by atoms with Gasteiger partial charge in [0.25, 0.3) is 5.91 Å². The third kappa shape index (κ3) is 3.51. The Kier molecular flexibility index (Phi) is 4.27. The van der Waals surface area contributed by atoms with Crippen LogP contribution in [0, 0.1) is 19.3 Å². The molecular weight excluding hydrogens is 234 g/mol. The van der Waals surface area contributed by atoms with Crippen molar-refractivity contribution in [3.05, 3.63) is 15.6 Å². The molecule has 0 radical (unpaired) electrons. The van der Waals surface area contributed by atoms with Gasteiger partial charge in [-0.2, -0.15) is 0 Å². The van der Waals surface area contributed by atoms with E-state index in [-0.39, 0.29) is 11.3 Å². The number of hydrogen-bond donors (Lipinski definition) is 1. The van der Waals surface area contributed by atoms with Crippen LogP contribution in [0.4, 0.5) is 0 Å². The smallest absolute Gasteiger partial charge is 0.265 e. The van der Waals surface area contributed by atoms with E-state index < -0.39 is 0 Å². The van der Waals surface area contributed by atoms with Gasteiger partial charge >= 0.3 is 0 Å². The Morgan fingerprint density at radius 2 is 2.06 bits per heavy atom. The minimum Gasteiger partial charge on any atom is -0.340 e. The van der Waals surface area contributed by atoms with Gasteiger partial charge in [0.2, 0.25) is 0 Å². The minimum absolute atomic E-state index is 0.0367.